The summed E-state index contributed by atoms with van der Waals surface area (Å²) in [6, 6.07) is 7.46. The van der Waals surface area contributed by atoms with Crippen molar-refractivity contribution in [2.24, 2.45) is 7.05 Å². The van der Waals surface area contributed by atoms with Gasteiger partial charge < -0.3 is 30.2 Å². The van der Waals surface area contributed by atoms with Gasteiger partial charge in [-0.15, -0.1) is 20.4 Å². The predicted molar refractivity (Wildman–Crippen MR) is 197 cm³/mol. The van der Waals surface area contributed by atoms with Gasteiger partial charge in [-0.05, 0) is 63.6 Å². The lowest BCUT2D eigenvalue weighted by molar-refractivity contribution is -0.123. The lowest BCUT2D eigenvalue weighted by atomic mass is 10.1. The fourth-order valence-corrected chi connectivity index (χ4v) is 5.34. The largest absolute Gasteiger partial charge is 0.379 e. The standard InChI is InChI=1S/C33H45Br2N9O8/c1-23-39-41-31(42-40-23)25-10-8-24(9-11-25)22-38-27(46)7-3-6-26(45)36-13-4-16-50-18-20-52-21-19-51-17-5-14-37-28(47)12-15-44-33(49)30(35)29(34)32(48)43(44)2/h8-11H,3-7,12-22H2,1-2H3,(H,36,45)(H,37,47)(H,38,46). The predicted octanol–water partition coefficient (Wildman–Crippen LogP) is 1.57. The number of halogens is 2. The van der Waals surface area contributed by atoms with Gasteiger partial charge in [0.25, 0.3) is 11.1 Å². The summed E-state index contributed by atoms with van der Waals surface area (Å²) in [4.78, 5) is 60.8. The van der Waals surface area contributed by atoms with E-state index in [1.807, 2.05) is 24.3 Å². The van der Waals surface area contributed by atoms with Gasteiger partial charge in [0, 0.05) is 64.7 Å². The van der Waals surface area contributed by atoms with E-state index in [4.69, 9.17) is 14.2 Å². The van der Waals surface area contributed by atoms with Crippen molar-refractivity contribution in [2.75, 3.05) is 52.7 Å². The molecule has 0 saturated heterocycles. The summed E-state index contributed by atoms with van der Waals surface area (Å²) in [5, 5.41) is 24.3. The Morgan fingerprint density at radius 3 is 1.75 bits per heavy atom. The number of rotatable bonds is 24. The van der Waals surface area contributed by atoms with Crippen LogP contribution in [0.5, 0.6) is 0 Å². The first-order valence-corrected chi connectivity index (χ1v) is 18.5. The Labute approximate surface area is 317 Å². The molecule has 3 amide bonds. The van der Waals surface area contributed by atoms with Gasteiger partial charge in [0.2, 0.25) is 23.5 Å². The number of hydrogen-bond acceptors (Lipinski definition) is 12. The summed E-state index contributed by atoms with van der Waals surface area (Å²) in [6.45, 7) is 5.67. The molecule has 19 heteroatoms. The van der Waals surface area contributed by atoms with Crippen molar-refractivity contribution in [3.63, 3.8) is 0 Å². The molecule has 0 unspecified atom stereocenters. The molecule has 1 aromatic carbocycles. The summed E-state index contributed by atoms with van der Waals surface area (Å²) in [6.07, 6.45) is 2.31. The topological polar surface area (TPSA) is 211 Å². The van der Waals surface area contributed by atoms with E-state index in [9.17, 15) is 24.0 Å². The normalized spacial score (nSPS) is 11.0. The molecule has 2 aromatic heterocycles. The maximum Gasteiger partial charge on any atom is 0.280 e. The van der Waals surface area contributed by atoms with E-state index in [2.05, 4.69) is 68.2 Å². The van der Waals surface area contributed by atoms with Crippen LogP contribution in [0.15, 0.2) is 42.8 Å². The molecule has 3 N–H and O–H groups in total. The molecule has 0 spiro atoms. The van der Waals surface area contributed by atoms with Crippen LogP contribution < -0.4 is 27.1 Å². The van der Waals surface area contributed by atoms with Crippen LogP contribution in [0.4, 0.5) is 0 Å². The van der Waals surface area contributed by atoms with Gasteiger partial charge in [-0.1, -0.05) is 24.3 Å². The van der Waals surface area contributed by atoms with Crippen LogP contribution in [0, 0.1) is 6.92 Å². The molecule has 0 radical (unpaired) electrons. The monoisotopic (exact) mass is 853 g/mol. The lowest BCUT2D eigenvalue weighted by Gasteiger charge is -2.13. The highest BCUT2D eigenvalue weighted by molar-refractivity contribution is 9.13. The van der Waals surface area contributed by atoms with Crippen LogP contribution in [-0.4, -0.2) is 100 Å². The van der Waals surface area contributed by atoms with Gasteiger partial charge in [0.05, 0.1) is 33.0 Å². The number of benzene rings is 1. The molecule has 3 aromatic rings. The molecule has 0 aliphatic heterocycles. The van der Waals surface area contributed by atoms with E-state index in [0.717, 1.165) is 11.1 Å². The van der Waals surface area contributed by atoms with Crippen LogP contribution in [0.1, 0.15) is 49.9 Å². The number of carbonyl (C=O) groups excluding carboxylic acids is 3. The van der Waals surface area contributed by atoms with Crippen molar-refractivity contribution in [2.45, 2.75) is 58.5 Å². The quantitative estimate of drug-likeness (QED) is 0.110. The highest BCUT2D eigenvalue weighted by atomic mass is 79.9. The van der Waals surface area contributed by atoms with Crippen LogP contribution in [0.2, 0.25) is 0 Å². The molecule has 2 heterocycles. The van der Waals surface area contributed by atoms with Crippen molar-refractivity contribution in [3.8, 4) is 11.4 Å². The minimum absolute atomic E-state index is 0.0528. The third kappa shape index (κ3) is 15.4. The Morgan fingerprint density at radius 2 is 1.17 bits per heavy atom. The smallest absolute Gasteiger partial charge is 0.280 e. The average Bonchev–Trinajstić information content (AvgIpc) is 3.14. The van der Waals surface area contributed by atoms with E-state index in [1.165, 1.54) is 16.4 Å². The van der Waals surface area contributed by atoms with E-state index in [1.54, 1.807) is 6.92 Å². The van der Waals surface area contributed by atoms with Gasteiger partial charge in [0.1, 0.15) is 8.95 Å². The highest BCUT2D eigenvalue weighted by Gasteiger charge is 2.14. The molecule has 0 bridgehead atoms. The first kappa shape index (κ1) is 42.5. The molecule has 52 heavy (non-hydrogen) atoms. The molecule has 0 fully saturated rings. The molecular formula is C33H45Br2N9O8. The average molecular weight is 856 g/mol. The fraction of sp³-hybridized carbons (Fsp3) is 0.545. The van der Waals surface area contributed by atoms with Crippen LogP contribution in [0.25, 0.3) is 11.4 Å². The maximum absolute atomic E-state index is 12.3. The Bertz CT molecular complexity index is 1700. The highest BCUT2D eigenvalue weighted by Crippen LogP contribution is 2.15. The molecular weight excluding hydrogens is 810 g/mol. The molecule has 17 nitrogen and oxygen atoms in total. The van der Waals surface area contributed by atoms with E-state index in [-0.39, 0.29) is 58.0 Å². The lowest BCUT2D eigenvalue weighted by Crippen LogP contribution is -2.39. The molecule has 0 aliphatic rings. The maximum atomic E-state index is 12.3. The van der Waals surface area contributed by atoms with Crippen molar-refractivity contribution in [1.29, 1.82) is 0 Å². The number of aromatic nitrogens is 6. The van der Waals surface area contributed by atoms with E-state index < -0.39 is 5.56 Å². The summed E-state index contributed by atoms with van der Waals surface area (Å²) < 4.78 is 19.2. The zero-order chi connectivity index (χ0) is 37.7. The van der Waals surface area contributed by atoms with Crippen LogP contribution >= 0.6 is 31.9 Å². The first-order chi connectivity index (χ1) is 25.1. The zero-order valence-corrected chi connectivity index (χ0v) is 32.5. The van der Waals surface area contributed by atoms with Gasteiger partial charge in [-0.2, -0.15) is 0 Å². The van der Waals surface area contributed by atoms with Crippen molar-refractivity contribution >= 4 is 49.6 Å². The number of amides is 3. The number of aryl methyl sites for hydroxylation is 1. The Morgan fingerprint density at radius 1 is 0.673 bits per heavy atom. The number of ether oxygens (including phenoxy) is 3. The second-order valence-electron chi connectivity index (χ2n) is 11.5. The van der Waals surface area contributed by atoms with Gasteiger partial charge >= 0.3 is 0 Å². The third-order valence-electron chi connectivity index (χ3n) is 7.42. The summed E-state index contributed by atoms with van der Waals surface area (Å²) in [7, 11) is 1.47. The van der Waals surface area contributed by atoms with Gasteiger partial charge in [-0.25, -0.2) is 9.36 Å². The van der Waals surface area contributed by atoms with E-state index >= 15 is 0 Å². The minimum atomic E-state index is -0.402. The third-order valence-corrected chi connectivity index (χ3v) is 9.42. The minimum Gasteiger partial charge on any atom is -0.379 e. The summed E-state index contributed by atoms with van der Waals surface area (Å²) in [5.41, 5.74) is 0.932. The Balaban J connectivity index is 1.07. The number of carbonyl (C=O) groups is 3. The Kier molecular flexibility index (Phi) is 19.3. The van der Waals surface area contributed by atoms with E-state index in [0.29, 0.717) is 90.2 Å². The summed E-state index contributed by atoms with van der Waals surface area (Å²) in [5.74, 6) is 0.482. The van der Waals surface area contributed by atoms with Gasteiger partial charge in [0.15, 0.2) is 5.82 Å². The Hall–Kier alpha value is -3.91. The summed E-state index contributed by atoms with van der Waals surface area (Å²) >= 11 is 6.19. The SMILES string of the molecule is Cc1nnc(-c2ccc(CNC(=O)CCCC(=O)NCCCOCCOCCOCCCNC(=O)CCn3c(=O)c(Br)c(Br)c(=O)n3C)cc2)nn1. The van der Waals surface area contributed by atoms with Crippen LogP contribution in [-0.2, 0) is 48.7 Å². The molecule has 0 atom stereocenters. The second kappa shape index (κ2) is 23.6. The zero-order valence-electron chi connectivity index (χ0n) is 29.3. The van der Waals surface area contributed by atoms with Crippen molar-refractivity contribution < 1.29 is 28.6 Å². The number of hydrogen-bond donors (Lipinski definition) is 3. The number of nitrogens with zero attached hydrogens (tertiary/aromatic N) is 6. The number of nitrogens with one attached hydrogen (secondary N) is 3. The molecule has 284 valence electrons. The molecule has 0 aliphatic carbocycles. The molecule has 0 saturated carbocycles. The second-order valence-corrected chi connectivity index (χ2v) is 13.1. The molecule has 3 rings (SSSR count). The van der Waals surface area contributed by atoms with Gasteiger partial charge in [-0.3, -0.25) is 24.0 Å². The first-order valence-electron chi connectivity index (χ1n) is 16.9. The van der Waals surface area contributed by atoms with Crippen molar-refractivity contribution in [3.05, 3.63) is 65.3 Å². The van der Waals surface area contributed by atoms with Crippen LogP contribution in [0.3, 0.4) is 0 Å². The van der Waals surface area contributed by atoms with Crippen molar-refractivity contribution in [1.82, 2.24) is 45.7 Å². The fourth-order valence-electron chi connectivity index (χ4n) is 4.54.